The zero-order chi connectivity index (χ0) is 17.9. The summed E-state index contributed by atoms with van der Waals surface area (Å²) in [5.41, 5.74) is 1.83. The second-order valence-electron chi connectivity index (χ2n) is 5.17. The average molecular weight is 322 g/mol. The second kappa shape index (κ2) is 10.6. The Kier molecular flexibility index (Phi) is 9.59. The maximum absolute atomic E-state index is 12.5. The predicted molar refractivity (Wildman–Crippen MR) is 87.7 cm³/mol. The van der Waals surface area contributed by atoms with Crippen molar-refractivity contribution in [2.24, 2.45) is 5.41 Å². The number of hydrogen-bond acceptors (Lipinski definition) is 5. The molecule has 5 nitrogen and oxygen atoms in total. The minimum Gasteiger partial charge on any atom is -0.465 e. The van der Waals surface area contributed by atoms with E-state index in [4.69, 9.17) is 9.47 Å². The molecule has 0 N–H and O–H groups in total. The highest BCUT2D eigenvalue weighted by Gasteiger charge is 2.48. The molecule has 0 atom stereocenters. The van der Waals surface area contributed by atoms with Crippen molar-refractivity contribution in [3.63, 3.8) is 0 Å². The molecule has 0 aliphatic carbocycles. The monoisotopic (exact) mass is 322 g/mol. The third-order valence-electron chi connectivity index (χ3n) is 3.37. The minimum atomic E-state index is -1.51. The first-order chi connectivity index (χ1) is 10.9. The Bertz CT molecular complexity index is 480. The quantitative estimate of drug-likeness (QED) is 0.253. The van der Waals surface area contributed by atoms with Crippen LogP contribution in [0.25, 0.3) is 0 Å². The number of hydrogen-bond donors (Lipinski definition) is 0. The molecule has 5 heteroatoms. The van der Waals surface area contributed by atoms with Crippen LogP contribution < -0.4 is 0 Å². The minimum absolute atomic E-state index is 0.0133. The molecule has 0 rings (SSSR count). The largest absolute Gasteiger partial charge is 0.465 e. The third-order valence-corrected chi connectivity index (χ3v) is 3.37. The number of Topliss-reactive ketones (excluding diaryl/α,β-unsaturated/α-hetero) is 1. The van der Waals surface area contributed by atoms with Gasteiger partial charge in [-0.2, -0.15) is 0 Å². The molecular formula is C18H26O5. The fourth-order valence-corrected chi connectivity index (χ4v) is 2.18. The topological polar surface area (TPSA) is 69.7 Å². The van der Waals surface area contributed by atoms with Crippen molar-refractivity contribution < 1.29 is 23.9 Å². The smallest absolute Gasteiger partial charge is 0.324 e. The van der Waals surface area contributed by atoms with Gasteiger partial charge in [-0.25, -0.2) is 0 Å². The number of carbonyl (C=O) groups is 3. The summed E-state index contributed by atoms with van der Waals surface area (Å²) in [6, 6.07) is 0. The van der Waals surface area contributed by atoms with Crippen molar-refractivity contribution >= 4 is 17.7 Å². The van der Waals surface area contributed by atoms with Crippen LogP contribution in [0.5, 0.6) is 0 Å². The Morgan fingerprint density at radius 2 is 1.61 bits per heavy atom. The van der Waals surface area contributed by atoms with Crippen LogP contribution in [0.3, 0.4) is 0 Å². The number of esters is 2. The van der Waals surface area contributed by atoms with E-state index in [-0.39, 0.29) is 31.8 Å². The van der Waals surface area contributed by atoms with Crippen molar-refractivity contribution in [2.45, 2.75) is 46.5 Å². The van der Waals surface area contributed by atoms with Crippen molar-refractivity contribution in [3.05, 3.63) is 30.5 Å². The van der Waals surface area contributed by atoms with Crippen LogP contribution in [0, 0.1) is 5.41 Å². The van der Waals surface area contributed by atoms with Gasteiger partial charge < -0.3 is 14.3 Å². The summed E-state index contributed by atoms with van der Waals surface area (Å²) < 4.78 is 10.2. The molecule has 128 valence electrons. The molecule has 0 aliphatic heterocycles. The van der Waals surface area contributed by atoms with Gasteiger partial charge in [0.1, 0.15) is 5.78 Å². The molecule has 23 heavy (non-hydrogen) atoms. The van der Waals surface area contributed by atoms with E-state index >= 15 is 0 Å². The van der Waals surface area contributed by atoms with E-state index in [1.165, 1.54) is 13.0 Å². The molecule has 0 fully saturated rings. The molecule has 0 spiro atoms. The Morgan fingerprint density at radius 3 is 1.96 bits per heavy atom. The highest BCUT2D eigenvalue weighted by Crippen LogP contribution is 2.35. The number of rotatable bonds is 11. The van der Waals surface area contributed by atoms with Gasteiger partial charge in [0.25, 0.3) is 0 Å². The summed E-state index contributed by atoms with van der Waals surface area (Å²) in [4.78, 5) is 36.1. The van der Waals surface area contributed by atoms with Gasteiger partial charge in [-0.1, -0.05) is 12.7 Å². The van der Waals surface area contributed by atoms with Gasteiger partial charge in [-0.05, 0) is 39.2 Å². The van der Waals surface area contributed by atoms with Gasteiger partial charge in [0.05, 0.1) is 13.2 Å². The summed E-state index contributed by atoms with van der Waals surface area (Å²) in [6.45, 7) is 12.3. The van der Waals surface area contributed by atoms with Gasteiger partial charge in [-0.3, -0.25) is 9.59 Å². The lowest BCUT2D eigenvalue weighted by atomic mass is 9.77. The molecule has 0 aromatic carbocycles. The van der Waals surface area contributed by atoms with Gasteiger partial charge >= 0.3 is 11.9 Å². The number of carbonyl (C=O) groups excluding carboxylic acids is 3. The Morgan fingerprint density at radius 1 is 1.09 bits per heavy atom. The maximum atomic E-state index is 12.5. The van der Waals surface area contributed by atoms with Gasteiger partial charge in [0, 0.05) is 12.8 Å². The number of ether oxygens (including phenoxy) is 2. The maximum Gasteiger partial charge on any atom is 0.324 e. The first kappa shape index (κ1) is 20.9. The highest BCUT2D eigenvalue weighted by atomic mass is 16.6. The zero-order valence-electron chi connectivity index (χ0n) is 14.3. The predicted octanol–water partition coefficient (Wildman–Crippen LogP) is 3.15. The van der Waals surface area contributed by atoms with Crippen LogP contribution in [0.1, 0.15) is 46.5 Å². The molecule has 0 unspecified atom stereocenters. The first-order valence-electron chi connectivity index (χ1n) is 7.70. The third kappa shape index (κ3) is 6.25. The van der Waals surface area contributed by atoms with Crippen LogP contribution in [0.2, 0.25) is 0 Å². The van der Waals surface area contributed by atoms with E-state index in [9.17, 15) is 14.4 Å². The molecular weight excluding hydrogens is 296 g/mol. The summed E-state index contributed by atoms with van der Waals surface area (Å²) in [5.74, 6) is -1.30. The van der Waals surface area contributed by atoms with E-state index in [1.807, 2.05) is 0 Å². The van der Waals surface area contributed by atoms with Gasteiger partial charge in [-0.15, -0.1) is 12.3 Å². The molecule has 0 aromatic heterocycles. The highest BCUT2D eigenvalue weighted by molar-refractivity contribution is 6.00. The van der Waals surface area contributed by atoms with Crippen LogP contribution >= 0.6 is 0 Å². The SMILES string of the molecule is C=C=C(CCC(C)=O)CC(CC=C)(C(=O)OCC)C(=O)OCC. The normalized spacial score (nSPS) is 10.4. The number of allylic oxidation sites excluding steroid dienone is 2. The second-order valence-corrected chi connectivity index (χ2v) is 5.17. The van der Waals surface area contributed by atoms with Crippen molar-refractivity contribution in [1.82, 2.24) is 0 Å². The van der Waals surface area contributed by atoms with Crippen LogP contribution in [0.4, 0.5) is 0 Å². The average Bonchev–Trinajstić information content (AvgIpc) is 2.50. The lowest BCUT2D eigenvalue weighted by Crippen LogP contribution is -2.42. The molecule has 0 bridgehead atoms. The van der Waals surface area contributed by atoms with Crippen molar-refractivity contribution in [3.8, 4) is 0 Å². The fraction of sp³-hybridized carbons (Fsp3) is 0.556. The zero-order valence-corrected chi connectivity index (χ0v) is 14.3. The van der Waals surface area contributed by atoms with Crippen molar-refractivity contribution in [2.75, 3.05) is 13.2 Å². The van der Waals surface area contributed by atoms with Crippen LogP contribution in [-0.4, -0.2) is 30.9 Å². The molecule has 0 radical (unpaired) electrons. The van der Waals surface area contributed by atoms with E-state index in [0.29, 0.717) is 18.4 Å². The van der Waals surface area contributed by atoms with Crippen molar-refractivity contribution in [1.29, 1.82) is 0 Å². The Hall–Kier alpha value is -2.13. The fourth-order valence-electron chi connectivity index (χ4n) is 2.18. The van der Waals surface area contributed by atoms with E-state index in [2.05, 4.69) is 18.9 Å². The molecule has 0 heterocycles. The lowest BCUT2D eigenvalue weighted by Gasteiger charge is -2.28. The summed E-state index contributed by atoms with van der Waals surface area (Å²) in [7, 11) is 0. The molecule has 0 saturated heterocycles. The van der Waals surface area contributed by atoms with E-state index in [1.54, 1.807) is 13.8 Å². The summed E-state index contributed by atoms with van der Waals surface area (Å²) in [5, 5.41) is 0. The van der Waals surface area contributed by atoms with Gasteiger partial charge in [0.2, 0.25) is 0 Å². The molecule has 0 amide bonds. The first-order valence-corrected chi connectivity index (χ1v) is 7.70. The number of ketones is 1. The Balaban J connectivity index is 5.64. The lowest BCUT2D eigenvalue weighted by molar-refractivity contribution is -0.171. The summed E-state index contributed by atoms with van der Waals surface area (Å²) in [6.07, 6.45) is 2.30. The molecule has 0 aromatic rings. The van der Waals surface area contributed by atoms with E-state index < -0.39 is 17.4 Å². The Labute approximate surface area is 138 Å². The van der Waals surface area contributed by atoms with Gasteiger partial charge in [0.15, 0.2) is 5.41 Å². The van der Waals surface area contributed by atoms with Crippen LogP contribution in [0.15, 0.2) is 30.5 Å². The molecule has 0 aliphatic rings. The van der Waals surface area contributed by atoms with Crippen LogP contribution in [-0.2, 0) is 23.9 Å². The molecule has 0 saturated carbocycles. The van der Waals surface area contributed by atoms with E-state index in [0.717, 1.165) is 0 Å². The standard InChI is InChI=1S/C18H26O5/c1-6-12-18(16(20)22-8-3,17(21)23-9-4)13-15(7-2)11-10-14(5)19/h6H,1-2,8-13H2,3-5H3. The summed E-state index contributed by atoms with van der Waals surface area (Å²) >= 11 is 0.